The van der Waals surface area contributed by atoms with Crippen LogP contribution >= 0.6 is 0 Å². The van der Waals surface area contributed by atoms with E-state index in [2.05, 4.69) is 5.10 Å². The number of nitrogens with two attached hydrogens (primary N) is 1. The van der Waals surface area contributed by atoms with Gasteiger partial charge in [0.1, 0.15) is 5.82 Å². The second kappa shape index (κ2) is 1.99. The van der Waals surface area contributed by atoms with Crippen molar-refractivity contribution in [3.8, 4) is 0 Å². The van der Waals surface area contributed by atoms with Gasteiger partial charge in [0.25, 0.3) is 0 Å². The van der Waals surface area contributed by atoms with Gasteiger partial charge in [0, 0.05) is 12.3 Å². The Bertz CT molecular complexity index is 389. The van der Waals surface area contributed by atoms with Crippen molar-refractivity contribution in [3.05, 3.63) is 30.0 Å². The molecule has 0 saturated heterocycles. The van der Waals surface area contributed by atoms with E-state index >= 15 is 0 Å². The van der Waals surface area contributed by atoms with Gasteiger partial charge in [-0.05, 0) is 18.6 Å². The maximum absolute atomic E-state index is 5.51. The summed E-state index contributed by atoms with van der Waals surface area (Å²) in [6.07, 6.45) is 1.95. The molecule has 0 aliphatic heterocycles. The minimum atomic E-state index is 0.565. The van der Waals surface area contributed by atoms with Crippen molar-refractivity contribution in [1.29, 1.82) is 0 Å². The van der Waals surface area contributed by atoms with Gasteiger partial charge in [-0.2, -0.15) is 5.10 Å². The summed E-state index contributed by atoms with van der Waals surface area (Å²) in [5.41, 5.74) is 7.73. The average molecular weight is 147 g/mol. The van der Waals surface area contributed by atoms with Crippen LogP contribution in [-0.2, 0) is 0 Å². The zero-order valence-corrected chi connectivity index (χ0v) is 6.28. The van der Waals surface area contributed by atoms with E-state index in [1.807, 2.05) is 31.3 Å². The number of rotatable bonds is 0. The number of aromatic nitrogens is 2. The molecule has 0 radical (unpaired) electrons. The summed E-state index contributed by atoms with van der Waals surface area (Å²) in [5, 5.41) is 4.07. The van der Waals surface area contributed by atoms with Crippen molar-refractivity contribution in [2.24, 2.45) is 0 Å². The molecule has 2 aromatic heterocycles. The van der Waals surface area contributed by atoms with Crippen molar-refractivity contribution in [1.82, 2.24) is 9.61 Å². The third kappa shape index (κ3) is 0.941. The maximum Gasteiger partial charge on any atom is 0.146 e. The van der Waals surface area contributed by atoms with Crippen LogP contribution in [0.25, 0.3) is 5.52 Å². The van der Waals surface area contributed by atoms with Gasteiger partial charge in [-0.1, -0.05) is 6.07 Å². The summed E-state index contributed by atoms with van der Waals surface area (Å²) in [4.78, 5) is 0. The van der Waals surface area contributed by atoms with Crippen LogP contribution in [0, 0.1) is 6.92 Å². The van der Waals surface area contributed by atoms with Gasteiger partial charge < -0.3 is 5.73 Å². The molecule has 0 atom stereocenters. The molecule has 0 amide bonds. The molecule has 11 heavy (non-hydrogen) atoms. The molecule has 0 unspecified atom stereocenters. The minimum absolute atomic E-state index is 0.565. The molecule has 3 nitrogen and oxygen atoms in total. The third-order valence-corrected chi connectivity index (χ3v) is 1.63. The Hall–Kier alpha value is -1.51. The fourth-order valence-electron chi connectivity index (χ4n) is 1.11. The van der Waals surface area contributed by atoms with E-state index in [1.54, 1.807) is 4.52 Å². The summed E-state index contributed by atoms with van der Waals surface area (Å²) >= 11 is 0. The Morgan fingerprint density at radius 1 is 1.45 bits per heavy atom. The lowest BCUT2D eigenvalue weighted by atomic mass is 10.3. The largest absolute Gasteiger partial charge is 0.382 e. The summed E-state index contributed by atoms with van der Waals surface area (Å²) in [7, 11) is 0. The Kier molecular flexibility index (Phi) is 1.12. The van der Waals surface area contributed by atoms with E-state index in [0.717, 1.165) is 5.52 Å². The molecule has 0 aromatic carbocycles. The SMILES string of the molecule is Cc1ccc2cc(N)nn2c1. The van der Waals surface area contributed by atoms with Gasteiger partial charge in [-0.3, -0.25) is 0 Å². The second-order valence-electron chi connectivity index (χ2n) is 2.65. The van der Waals surface area contributed by atoms with E-state index in [0.29, 0.717) is 5.82 Å². The number of nitrogen functional groups attached to an aromatic ring is 1. The topological polar surface area (TPSA) is 43.3 Å². The molecule has 0 bridgehead atoms. The van der Waals surface area contributed by atoms with Crippen LogP contribution in [0.5, 0.6) is 0 Å². The average Bonchev–Trinajstić information content (AvgIpc) is 2.27. The Labute approximate surface area is 64.4 Å². The predicted octanol–water partition coefficient (Wildman–Crippen LogP) is 1.22. The molecular formula is C8H9N3. The first-order chi connectivity index (χ1) is 5.25. The van der Waals surface area contributed by atoms with E-state index in [-0.39, 0.29) is 0 Å². The monoisotopic (exact) mass is 147 g/mol. The van der Waals surface area contributed by atoms with Crippen molar-refractivity contribution < 1.29 is 0 Å². The molecule has 2 aromatic rings. The Morgan fingerprint density at radius 3 is 3.09 bits per heavy atom. The highest BCUT2D eigenvalue weighted by Gasteiger charge is 1.95. The molecule has 2 heterocycles. The lowest BCUT2D eigenvalue weighted by molar-refractivity contribution is 0.958. The fraction of sp³-hybridized carbons (Fsp3) is 0.125. The van der Waals surface area contributed by atoms with E-state index in [4.69, 9.17) is 5.73 Å². The van der Waals surface area contributed by atoms with Gasteiger partial charge in [0.15, 0.2) is 0 Å². The van der Waals surface area contributed by atoms with Crippen LogP contribution in [0.3, 0.4) is 0 Å². The maximum atomic E-state index is 5.51. The molecule has 2 rings (SSSR count). The predicted molar refractivity (Wildman–Crippen MR) is 44.3 cm³/mol. The lowest BCUT2D eigenvalue weighted by Gasteiger charge is -1.92. The van der Waals surface area contributed by atoms with Crippen molar-refractivity contribution in [3.63, 3.8) is 0 Å². The molecule has 0 spiro atoms. The first-order valence-electron chi connectivity index (χ1n) is 3.47. The van der Waals surface area contributed by atoms with Crippen LogP contribution in [0.1, 0.15) is 5.56 Å². The van der Waals surface area contributed by atoms with Crippen molar-refractivity contribution >= 4 is 11.3 Å². The molecule has 56 valence electrons. The lowest BCUT2D eigenvalue weighted by Crippen LogP contribution is -1.89. The smallest absolute Gasteiger partial charge is 0.146 e. The number of aryl methyl sites for hydroxylation is 1. The third-order valence-electron chi connectivity index (χ3n) is 1.63. The Balaban J connectivity index is 2.82. The second-order valence-corrected chi connectivity index (χ2v) is 2.65. The van der Waals surface area contributed by atoms with E-state index in [1.165, 1.54) is 5.56 Å². The van der Waals surface area contributed by atoms with Crippen LogP contribution in [-0.4, -0.2) is 9.61 Å². The normalized spacial score (nSPS) is 10.6. The molecule has 2 N–H and O–H groups in total. The summed E-state index contributed by atoms with van der Waals surface area (Å²) in [6.45, 7) is 2.03. The van der Waals surface area contributed by atoms with Gasteiger partial charge >= 0.3 is 0 Å². The van der Waals surface area contributed by atoms with E-state index < -0.39 is 0 Å². The first-order valence-corrected chi connectivity index (χ1v) is 3.47. The van der Waals surface area contributed by atoms with Gasteiger partial charge in [0.05, 0.1) is 5.52 Å². The molecular weight excluding hydrogens is 138 g/mol. The van der Waals surface area contributed by atoms with E-state index in [9.17, 15) is 0 Å². The van der Waals surface area contributed by atoms with Gasteiger partial charge in [-0.15, -0.1) is 0 Å². The van der Waals surface area contributed by atoms with Crippen molar-refractivity contribution in [2.75, 3.05) is 5.73 Å². The minimum Gasteiger partial charge on any atom is -0.382 e. The zero-order chi connectivity index (χ0) is 7.84. The number of anilines is 1. The highest BCUT2D eigenvalue weighted by Crippen LogP contribution is 2.08. The summed E-state index contributed by atoms with van der Waals surface area (Å²) in [6, 6.07) is 5.88. The summed E-state index contributed by atoms with van der Waals surface area (Å²) in [5.74, 6) is 0.565. The zero-order valence-electron chi connectivity index (χ0n) is 6.28. The van der Waals surface area contributed by atoms with Crippen LogP contribution in [0.2, 0.25) is 0 Å². The standard InChI is InChI=1S/C8H9N3/c1-6-2-3-7-4-8(9)10-11(7)5-6/h2-5H,1H3,(H2,9,10). The number of hydrogen-bond acceptors (Lipinski definition) is 2. The Morgan fingerprint density at radius 2 is 2.27 bits per heavy atom. The van der Waals surface area contributed by atoms with Crippen molar-refractivity contribution in [2.45, 2.75) is 6.92 Å². The van der Waals surface area contributed by atoms with Gasteiger partial charge in [-0.25, -0.2) is 4.52 Å². The number of fused-ring (bicyclic) bond motifs is 1. The first kappa shape index (κ1) is 6.22. The van der Waals surface area contributed by atoms with Crippen LogP contribution in [0.4, 0.5) is 5.82 Å². The fourth-order valence-corrected chi connectivity index (χ4v) is 1.11. The van der Waals surface area contributed by atoms with Gasteiger partial charge in [0.2, 0.25) is 0 Å². The highest BCUT2D eigenvalue weighted by molar-refractivity contribution is 5.53. The molecule has 0 saturated carbocycles. The van der Waals surface area contributed by atoms with Crippen LogP contribution < -0.4 is 5.73 Å². The quantitative estimate of drug-likeness (QED) is 0.609. The molecule has 0 aliphatic rings. The summed E-state index contributed by atoms with van der Waals surface area (Å²) < 4.78 is 1.78. The number of nitrogens with zero attached hydrogens (tertiary/aromatic N) is 2. The van der Waals surface area contributed by atoms with Crippen LogP contribution in [0.15, 0.2) is 24.4 Å². The highest BCUT2D eigenvalue weighted by atomic mass is 15.2. The molecule has 3 heteroatoms. The molecule has 0 fully saturated rings. The number of pyridine rings is 1. The molecule has 0 aliphatic carbocycles. The number of hydrogen-bond donors (Lipinski definition) is 1.